The summed E-state index contributed by atoms with van der Waals surface area (Å²) in [5.74, 6) is -2.13. The average molecular weight is 364 g/mol. The number of benzene rings is 2. The van der Waals surface area contributed by atoms with E-state index in [0.717, 1.165) is 33.0 Å². The van der Waals surface area contributed by atoms with Crippen LogP contribution in [0.15, 0.2) is 45.6 Å². The average Bonchev–Trinajstić information content (AvgIpc) is 3.17. The minimum atomic E-state index is -1.07. The van der Waals surface area contributed by atoms with Gasteiger partial charge in [-0.25, -0.2) is 9.59 Å². The first kappa shape index (κ1) is 16.9. The van der Waals surface area contributed by atoms with E-state index in [1.165, 1.54) is 12.5 Å². The van der Waals surface area contributed by atoms with Crippen LogP contribution in [0.25, 0.3) is 21.9 Å². The largest absolute Gasteiger partial charge is 0.478 e. The van der Waals surface area contributed by atoms with Crippen molar-refractivity contribution < 1.29 is 28.6 Å². The number of hydrogen-bond acceptors (Lipinski definition) is 4. The Morgan fingerprint density at radius 3 is 1.56 bits per heavy atom. The molecule has 0 unspecified atom stereocenters. The molecular weight excluding hydrogens is 348 g/mol. The summed E-state index contributed by atoms with van der Waals surface area (Å²) in [4.78, 5) is 23.2. The molecule has 0 fully saturated rings. The third-order valence-corrected chi connectivity index (χ3v) is 4.72. The van der Waals surface area contributed by atoms with Crippen LogP contribution < -0.4 is 0 Å². The van der Waals surface area contributed by atoms with Crippen molar-refractivity contribution >= 4 is 33.9 Å². The Hall–Kier alpha value is -3.54. The molecule has 0 atom stereocenters. The van der Waals surface area contributed by atoms with Crippen LogP contribution >= 0.6 is 0 Å². The first-order valence-corrected chi connectivity index (χ1v) is 8.33. The maximum absolute atomic E-state index is 11.6. The molecule has 2 heterocycles. The van der Waals surface area contributed by atoms with Gasteiger partial charge >= 0.3 is 11.9 Å². The summed E-state index contributed by atoms with van der Waals surface area (Å²) in [7, 11) is 0. The third kappa shape index (κ3) is 2.75. The summed E-state index contributed by atoms with van der Waals surface area (Å²) in [5.41, 5.74) is 4.10. The lowest BCUT2D eigenvalue weighted by atomic mass is 9.96. The molecule has 27 heavy (non-hydrogen) atoms. The number of carboxylic acids is 2. The van der Waals surface area contributed by atoms with Gasteiger partial charge in [0.15, 0.2) is 0 Å². The van der Waals surface area contributed by atoms with E-state index in [4.69, 9.17) is 8.83 Å². The van der Waals surface area contributed by atoms with Gasteiger partial charge in [-0.3, -0.25) is 0 Å². The smallest absolute Gasteiger partial charge is 0.339 e. The molecule has 0 aliphatic rings. The third-order valence-electron chi connectivity index (χ3n) is 4.72. The van der Waals surface area contributed by atoms with Gasteiger partial charge in [-0.15, -0.1) is 0 Å². The van der Waals surface area contributed by atoms with Crippen LogP contribution in [0.4, 0.5) is 0 Å². The number of carbonyl (C=O) groups is 2. The molecule has 2 N–H and O–H groups in total. The molecule has 0 radical (unpaired) electrons. The van der Waals surface area contributed by atoms with Crippen molar-refractivity contribution in [3.63, 3.8) is 0 Å². The molecule has 0 saturated heterocycles. The van der Waals surface area contributed by atoms with E-state index in [0.29, 0.717) is 17.6 Å². The summed E-state index contributed by atoms with van der Waals surface area (Å²) in [6.45, 7) is 3.70. The highest BCUT2D eigenvalue weighted by atomic mass is 16.4. The summed E-state index contributed by atoms with van der Waals surface area (Å²) in [6, 6.07) is 6.90. The quantitative estimate of drug-likeness (QED) is 0.540. The fourth-order valence-electron chi connectivity index (χ4n) is 3.40. The van der Waals surface area contributed by atoms with Crippen LogP contribution in [0.2, 0.25) is 0 Å². The van der Waals surface area contributed by atoms with Crippen molar-refractivity contribution in [2.45, 2.75) is 20.3 Å². The Kier molecular flexibility index (Phi) is 3.77. The van der Waals surface area contributed by atoms with Gasteiger partial charge < -0.3 is 19.0 Å². The van der Waals surface area contributed by atoms with Crippen molar-refractivity contribution in [1.82, 2.24) is 0 Å². The van der Waals surface area contributed by atoms with Crippen LogP contribution in [0.1, 0.15) is 43.0 Å². The molecule has 2 aromatic carbocycles. The van der Waals surface area contributed by atoms with E-state index in [2.05, 4.69) is 0 Å². The number of carboxylic acid groups (broad SMARTS) is 2. The molecule has 6 heteroatoms. The van der Waals surface area contributed by atoms with Crippen LogP contribution in [0.5, 0.6) is 0 Å². The van der Waals surface area contributed by atoms with E-state index >= 15 is 0 Å². The van der Waals surface area contributed by atoms with E-state index in [-0.39, 0.29) is 11.1 Å². The van der Waals surface area contributed by atoms with Crippen molar-refractivity contribution in [3.8, 4) is 0 Å². The lowest BCUT2D eigenvalue weighted by molar-refractivity contribution is 0.0687. The Labute approximate surface area is 153 Å². The molecule has 2 aromatic heterocycles. The second-order valence-corrected chi connectivity index (χ2v) is 6.66. The van der Waals surface area contributed by atoms with Gasteiger partial charge in [-0.1, -0.05) is 0 Å². The summed E-state index contributed by atoms with van der Waals surface area (Å²) in [5, 5.41) is 20.5. The minimum Gasteiger partial charge on any atom is -0.478 e. The summed E-state index contributed by atoms with van der Waals surface area (Å²) < 4.78 is 10.8. The summed E-state index contributed by atoms with van der Waals surface area (Å²) >= 11 is 0. The SMILES string of the molecule is Cc1coc2c(C(=O)O)cc(Cc3cc(C(=O)O)c4occ(C)c4c3)cc12. The maximum atomic E-state index is 11.6. The second-order valence-electron chi connectivity index (χ2n) is 6.66. The van der Waals surface area contributed by atoms with Gasteiger partial charge in [0.1, 0.15) is 22.3 Å². The minimum absolute atomic E-state index is 0.0922. The molecule has 4 rings (SSSR count). The van der Waals surface area contributed by atoms with Crippen LogP contribution in [-0.4, -0.2) is 22.2 Å². The van der Waals surface area contributed by atoms with Gasteiger partial charge in [-0.05, 0) is 66.8 Å². The lowest BCUT2D eigenvalue weighted by Gasteiger charge is -2.07. The van der Waals surface area contributed by atoms with Gasteiger partial charge in [0.2, 0.25) is 0 Å². The van der Waals surface area contributed by atoms with Crippen LogP contribution in [-0.2, 0) is 6.42 Å². The highest BCUT2D eigenvalue weighted by molar-refractivity contribution is 6.03. The van der Waals surface area contributed by atoms with Crippen LogP contribution in [0, 0.1) is 13.8 Å². The Bertz CT molecular complexity index is 1130. The Balaban J connectivity index is 1.87. The van der Waals surface area contributed by atoms with E-state index in [9.17, 15) is 19.8 Å². The van der Waals surface area contributed by atoms with Gasteiger partial charge in [-0.2, -0.15) is 0 Å². The molecular formula is C21H16O6. The monoisotopic (exact) mass is 364 g/mol. The van der Waals surface area contributed by atoms with Gasteiger partial charge in [0.05, 0.1) is 12.5 Å². The van der Waals surface area contributed by atoms with E-state index < -0.39 is 11.9 Å². The first-order chi connectivity index (χ1) is 12.8. The Morgan fingerprint density at radius 1 is 0.778 bits per heavy atom. The Morgan fingerprint density at radius 2 is 1.19 bits per heavy atom. The topological polar surface area (TPSA) is 101 Å². The number of aromatic carboxylic acids is 2. The maximum Gasteiger partial charge on any atom is 0.339 e. The molecule has 0 spiro atoms. The zero-order valence-electron chi connectivity index (χ0n) is 14.7. The molecule has 0 aliphatic carbocycles. The molecule has 4 aromatic rings. The number of rotatable bonds is 4. The fraction of sp³-hybridized carbons (Fsp3) is 0.143. The molecule has 136 valence electrons. The molecule has 0 amide bonds. The highest BCUT2D eigenvalue weighted by Crippen LogP contribution is 2.30. The number of aryl methyl sites for hydroxylation is 2. The van der Waals surface area contributed by atoms with Crippen molar-refractivity contribution in [2.75, 3.05) is 0 Å². The molecule has 0 bridgehead atoms. The normalized spacial score (nSPS) is 11.3. The van der Waals surface area contributed by atoms with Gasteiger partial charge in [0, 0.05) is 10.8 Å². The molecule has 0 aliphatic heterocycles. The standard InChI is InChI=1S/C21H16O6/c1-10-8-26-18-14(10)4-12(6-16(18)20(22)23)3-13-5-15-11(2)9-27-19(15)17(7-13)21(24)25/h4-9H,3H2,1-2H3,(H,22,23)(H,24,25). The predicted octanol–water partition coefficient (Wildman–Crippen LogP) is 4.78. The van der Waals surface area contributed by atoms with Crippen molar-refractivity contribution in [3.05, 3.63) is 70.2 Å². The van der Waals surface area contributed by atoms with E-state index in [1.807, 2.05) is 26.0 Å². The summed E-state index contributed by atoms with van der Waals surface area (Å²) in [6.07, 6.45) is 3.45. The zero-order valence-corrected chi connectivity index (χ0v) is 14.7. The molecule has 0 saturated carbocycles. The fourth-order valence-corrected chi connectivity index (χ4v) is 3.40. The van der Waals surface area contributed by atoms with Gasteiger partial charge in [0.25, 0.3) is 0 Å². The predicted molar refractivity (Wildman–Crippen MR) is 98.6 cm³/mol. The number of hydrogen-bond donors (Lipinski definition) is 2. The zero-order chi connectivity index (χ0) is 19.3. The van der Waals surface area contributed by atoms with E-state index in [1.54, 1.807) is 12.1 Å². The molecule has 6 nitrogen and oxygen atoms in total. The first-order valence-electron chi connectivity index (χ1n) is 8.33. The lowest BCUT2D eigenvalue weighted by Crippen LogP contribution is -2.01. The number of furan rings is 2. The highest BCUT2D eigenvalue weighted by Gasteiger charge is 2.18. The van der Waals surface area contributed by atoms with Crippen molar-refractivity contribution in [1.29, 1.82) is 0 Å². The van der Waals surface area contributed by atoms with Crippen molar-refractivity contribution in [2.24, 2.45) is 0 Å². The second kappa shape index (κ2) is 6.02. The van der Waals surface area contributed by atoms with Crippen LogP contribution in [0.3, 0.4) is 0 Å². The number of fused-ring (bicyclic) bond motifs is 2.